The first kappa shape index (κ1) is 39.2. The minimum absolute atomic E-state index is 0.0304. The van der Waals surface area contributed by atoms with Crippen molar-refractivity contribution >= 4 is 34.2 Å². The first-order chi connectivity index (χ1) is 25.5. The van der Waals surface area contributed by atoms with Gasteiger partial charge in [0.2, 0.25) is 11.8 Å². The fourth-order valence-corrected chi connectivity index (χ4v) is 7.07. The summed E-state index contributed by atoms with van der Waals surface area (Å²) in [5.41, 5.74) is 4.57. The van der Waals surface area contributed by atoms with Crippen LogP contribution in [0.4, 0.5) is 4.79 Å². The average Bonchev–Trinajstić information content (AvgIpc) is 3.40. The van der Waals surface area contributed by atoms with Crippen molar-refractivity contribution in [3.05, 3.63) is 133 Å². The second kappa shape index (κ2) is 18.6. The van der Waals surface area contributed by atoms with Crippen molar-refractivity contribution in [3.63, 3.8) is 0 Å². The van der Waals surface area contributed by atoms with E-state index >= 15 is 0 Å². The Hall–Kier alpha value is -5.02. The third kappa shape index (κ3) is 11.5. The zero-order valence-corrected chi connectivity index (χ0v) is 31.2. The smallest absolute Gasteiger partial charge is 0.310 e. The number of ether oxygens (including phenoxy) is 2. The van der Waals surface area contributed by atoms with Crippen LogP contribution in [0.1, 0.15) is 71.5 Å². The number of pyridine rings is 2. The second-order valence-corrected chi connectivity index (χ2v) is 14.9. The fraction of sp³-hybridized carbons (Fsp3) is 0.308. The third-order valence-corrected chi connectivity index (χ3v) is 10.1. The van der Waals surface area contributed by atoms with Gasteiger partial charge >= 0.3 is 4.87 Å². The minimum Gasteiger partial charge on any atom is -0.494 e. The van der Waals surface area contributed by atoms with Crippen molar-refractivity contribution in [1.82, 2.24) is 19.9 Å². The Labute approximate surface area is 315 Å². The summed E-state index contributed by atoms with van der Waals surface area (Å²) in [6, 6.07) is 21.7. The number of thiazole rings is 1. The maximum absolute atomic E-state index is 12.8. The minimum atomic E-state index is -0.999. The number of nitrogens with one attached hydrogen (secondary N) is 1. The van der Waals surface area contributed by atoms with Gasteiger partial charge in [-0.15, -0.1) is 0 Å². The van der Waals surface area contributed by atoms with Crippen LogP contribution in [0.15, 0.2) is 90.0 Å². The SMILES string of the molecule is CCc1ccc(C(O)COc2ccc(Cc3sc(=O)n(Cc4ccc(C(O)COc5ccc(CC(C)SC(=O)NC(C)=O)cc5)nc4)c3O)cc2)nc1. The normalized spacial score (nSPS) is 12.8. The molecule has 53 heavy (non-hydrogen) atoms. The lowest BCUT2D eigenvalue weighted by Gasteiger charge is -2.14. The molecule has 3 unspecified atom stereocenters. The van der Waals surface area contributed by atoms with Gasteiger partial charge in [-0.1, -0.05) is 73.3 Å². The molecule has 0 bridgehead atoms. The van der Waals surface area contributed by atoms with Gasteiger partial charge in [-0.05, 0) is 71.5 Å². The first-order valence-corrected chi connectivity index (χ1v) is 18.8. The van der Waals surface area contributed by atoms with Crippen LogP contribution >= 0.6 is 23.1 Å². The Balaban J connectivity index is 1.09. The van der Waals surface area contributed by atoms with Gasteiger partial charge in [0, 0.05) is 31.0 Å². The van der Waals surface area contributed by atoms with Gasteiger partial charge in [-0.3, -0.25) is 34.2 Å². The van der Waals surface area contributed by atoms with Crippen LogP contribution in [-0.4, -0.2) is 59.5 Å². The number of amides is 2. The number of benzene rings is 2. The molecule has 12 nitrogen and oxygen atoms in total. The second-order valence-electron chi connectivity index (χ2n) is 12.5. The lowest BCUT2D eigenvalue weighted by Crippen LogP contribution is -2.25. The average molecular weight is 759 g/mol. The number of nitrogens with zero attached hydrogens (tertiary/aromatic N) is 3. The number of carbonyl (C=O) groups is 2. The predicted octanol–water partition coefficient (Wildman–Crippen LogP) is 5.75. The number of aryl methyl sites for hydroxylation is 1. The molecule has 0 radical (unpaired) electrons. The zero-order chi connectivity index (χ0) is 37.9. The molecule has 3 heterocycles. The molecule has 2 aromatic carbocycles. The number of aromatic hydroxyl groups is 1. The number of aliphatic hydroxyl groups excluding tert-OH is 2. The molecular formula is C39H42N4O8S2. The van der Waals surface area contributed by atoms with E-state index in [0.717, 1.165) is 46.2 Å². The van der Waals surface area contributed by atoms with Crippen molar-refractivity contribution in [2.75, 3.05) is 13.2 Å². The molecule has 0 aliphatic rings. The maximum atomic E-state index is 12.8. The molecule has 0 saturated carbocycles. The predicted molar refractivity (Wildman–Crippen MR) is 204 cm³/mol. The highest BCUT2D eigenvalue weighted by molar-refractivity contribution is 8.14. The zero-order valence-electron chi connectivity index (χ0n) is 29.6. The van der Waals surface area contributed by atoms with E-state index in [0.29, 0.717) is 46.2 Å². The summed E-state index contributed by atoms with van der Waals surface area (Å²) in [5.74, 6) is 0.639. The number of carbonyl (C=O) groups excluding carboxylic acids is 2. The van der Waals surface area contributed by atoms with Crippen molar-refractivity contribution in [2.24, 2.45) is 0 Å². The van der Waals surface area contributed by atoms with E-state index in [-0.39, 0.29) is 46.9 Å². The highest BCUT2D eigenvalue weighted by Gasteiger charge is 2.17. The molecular weight excluding hydrogens is 717 g/mol. The molecule has 5 aromatic rings. The molecule has 278 valence electrons. The van der Waals surface area contributed by atoms with E-state index < -0.39 is 12.2 Å². The maximum Gasteiger partial charge on any atom is 0.310 e. The van der Waals surface area contributed by atoms with Gasteiger partial charge in [-0.2, -0.15) is 0 Å². The van der Waals surface area contributed by atoms with Crippen LogP contribution in [0.5, 0.6) is 17.4 Å². The highest BCUT2D eigenvalue weighted by Crippen LogP contribution is 2.26. The van der Waals surface area contributed by atoms with Crippen LogP contribution in [0, 0.1) is 0 Å². The highest BCUT2D eigenvalue weighted by atomic mass is 32.2. The Morgan fingerprint density at radius 3 is 1.87 bits per heavy atom. The van der Waals surface area contributed by atoms with Gasteiger partial charge in [0.05, 0.1) is 22.8 Å². The summed E-state index contributed by atoms with van der Waals surface area (Å²) >= 11 is 2.04. The largest absolute Gasteiger partial charge is 0.494 e. The van der Waals surface area contributed by atoms with Crippen LogP contribution < -0.4 is 19.7 Å². The van der Waals surface area contributed by atoms with E-state index in [2.05, 4.69) is 15.3 Å². The molecule has 0 aliphatic heterocycles. The standard InChI is InChI=1S/C39H42N4O8S2/c1-4-26-9-15-32(40-19-26)34(45)22-51-31-13-7-28(8-14-31)18-36-37(47)43(39(49)53-36)21-29-10-16-33(41-20-29)35(46)23-50-30-11-5-27(6-12-30)17-24(2)52-38(48)42-25(3)44/h5-16,19-20,24,34-35,45-47H,4,17-18,21-23H2,1-3H3,(H,42,44,48). The lowest BCUT2D eigenvalue weighted by molar-refractivity contribution is -0.117. The van der Waals surface area contributed by atoms with Crippen molar-refractivity contribution < 1.29 is 34.4 Å². The topological polar surface area (TPSA) is 173 Å². The summed E-state index contributed by atoms with van der Waals surface area (Å²) in [6.45, 7) is 5.37. The van der Waals surface area contributed by atoms with Gasteiger partial charge in [-0.25, -0.2) is 0 Å². The number of hydrogen-bond acceptors (Lipinski definition) is 12. The number of hydrogen-bond donors (Lipinski definition) is 4. The molecule has 14 heteroatoms. The molecule has 2 amide bonds. The Morgan fingerprint density at radius 2 is 1.36 bits per heavy atom. The first-order valence-electron chi connectivity index (χ1n) is 17.1. The van der Waals surface area contributed by atoms with Crippen LogP contribution in [-0.2, 0) is 30.6 Å². The Kier molecular flexibility index (Phi) is 13.8. The van der Waals surface area contributed by atoms with E-state index in [4.69, 9.17) is 9.47 Å². The third-order valence-electron chi connectivity index (χ3n) is 8.20. The van der Waals surface area contributed by atoms with Crippen LogP contribution in [0.3, 0.4) is 0 Å². The number of thioether (sulfide) groups is 1. The van der Waals surface area contributed by atoms with Gasteiger partial charge in [0.25, 0.3) is 5.24 Å². The summed E-state index contributed by atoms with van der Waals surface area (Å²) in [5, 5.41) is 33.9. The summed E-state index contributed by atoms with van der Waals surface area (Å²) in [6.07, 6.45) is 3.29. The molecule has 3 aromatic heterocycles. The van der Waals surface area contributed by atoms with Crippen molar-refractivity contribution in [3.8, 4) is 17.4 Å². The van der Waals surface area contributed by atoms with Gasteiger partial charge < -0.3 is 24.8 Å². The number of rotatable bonds is 16. The van der Waals surface area contributed by atoms with Gasteiger partial charge in [0.1, 0.15) is 36.9 Å². The summed E-state index contributed by atoms with van der Waals surface area (Å²) in [4.78, 5) is 44.5. The van der Waals surface area contributed by atoms with Crippen LogP contribution in [0.2, 0.25) is 0 Å². The summed E-state index contributed by atoms with van der Waals surface area (Å²) in [7, 11) is 0. The van der Waals surface area contributed by atoms with E-state index in [1.54, 1.807) is 54.9 Å². The van der Waals surface area contributed by atoms with Crippen LogP contribution in [0.25, 0.3) is 0 Å². The quantitative estimate of drug-likeness (QED) is 0.0965. The van der Waals surface area contributed by atoms with E-state index in [9.17, 15) is 29.7 Å². The molecule has 3 atom stereocenters. The Bertz CT molecular complexity index is 2020. The lowest BCUT2D eigenvalue weighted by atomic mass is 10.1. The Morgan fingerprint density at radius 1 is 0.830 bits per heavy atom. The molecule has 5 rings (SSSR count). The molecule has 0 spiro atoms. The monoisotopic (exact) mass is 758 g/mol. The fourth-order valence-electron chi connectivity index (χ4n) is 5.31. The number of imide groups is 1. The number of aromatic nitrogens is 3. The molecule has 0 aliphatic carbocycles. The molecule has 0 saturated heterocycles. The molecule has 0 fully saturated rings. The summed E-state index contributed by atoms with van der Waals surface area (Å²) < 4.78 is 12.8. The van der Waals surface area contributed by atoms with Crippen molar-refractivity contribution in [2.45, 2.75) is 64.0 Å². The van der Waals surface area contributed by atoms with E-state index in [1.165, 1.54) is 11.5 Å². The van der Waals surface area contributed by atoms with Gasteiger partial charge in [0.15, 0.2) is 0 Å². The van der Waals surface area contributed by atoms with Crippen molar-refractivity contribution in [1.29, 1.82) is 0 Å². The molecule has 4 N–H and O–H groups in total. The van der Waals surface area contributed by atoms with E-state index in [1.807, 2.05) is 44.2 Å². The number of aliphatic hydroxyl groups is 2.